The zero-order valence-electron chi connectivity index (χ0n) is 20.4. The number of amides is 1. The molecule has 4 aromatic rings. The highest BCUT2D eigenvalue weighted by Crippen LogP contribution is 2.19. The number of benzene rings is 3. The topological polar surface area (TPSA) is 76.5 Å². The van der Waals surface area contributed by atoms with Gasteiger partial charge >= 0.3 is 0 Å². The number of nitrogens with one attached hydrogen (secondary N) is 1. The fourth-order valence-electron chi connectivity index (χ4n) is 4.80. The third-order valence-electron chi connectivity index (χ3n) is 6.63. The second kappa shape index (κ2) is 10.7. The number of hydrogen-bond acceptors (Lipinski definition) is 5. The minimum Gasteiger partial charge on any atom is -0.497 e. The molecule has 1 aromatic heterocycles. The highest BCUT2D eigenvalue weighted by atomic mass is 16.5. The van der Waals surface area contributed by atoms with Crippen LogP contribution in [0, 0.1) is 0 Å². The van der Waals surface area contributed by atoms with E-state index >= 15 is 0 Å². The Morgan fingerprint density at radius 2 is 1.78 bits per heavy atom. The zero-order valence-corrected chi connectivity index (χ0v) is 20.4. The molecule has 1 fully saturated rings. The molecule has 7 nitrogen and oxygen atoms in total. The number of methoxy groups -OCH3 is 1. The molecule has 0 aliphatic carbocycles. The summed E-state index contributed by atoms with van der Waals surface area (Å²) < 4.78 is 6.92. The van der Waals surface area contributed by atoms with E-state index in [0.717, 1.165) is 48.5 Å². The maximum Gasteiger partial charge on any atom is 0.277 e. The lowest BCUT2D eigenvalue weighted by atomic mass is 10.2. The number of carbonyl (C=O) groups excluding carboxylic acids is 1. The van der Waals surface area contributed by atoms with Crippen molar-refractivity contribution in [2.75, 3.05) is 20.2 Å². The Balaban J connectivity index is 1.27. The number of nitrogens with zero attached hydrogens (tertiary/aromatic N) is 3. The number of rotatable bonds is 8. The molecule has 2 heterocycles. The van der Waals surface area contributed by atoms with Gasteiger partial charge in [-0.25, -0.2) is 4.98 Å². The number of ether oxygens (including phenoxy) is 1. The van der Waals surface area contributed by atoms with Crippen molar-refractivity contribution < 1.29 is 9.53 Å². The van der Waals surface area contributed by atoms with Gasteiger partial charge in [0.2, 0.25) is 5.91 Å². The monoisotopic (exact) mass is 482 g/mol. The van der Waals surface area contributed by atoms with Gasteiger partial charge in [-0.3, -0.25) is 19.1 Å². The summed E-state index contributed by atoms with van der Waals surface area (Å²) in [5.74, 6) is 0.670. The molecule has 5 rings (SSSR count). The first-order valence-corrected chi connectivity index (χ1v) is 12.3. The molecule has 7 heteroatoms. The molecule has 1 aliphatic heterocycles. The normalized spacial score (nSPS) is 15.8. The summed E-state index contributed by atoms with van der Waals surface area (Å²) in [6.45, 7) is 2.68. The van der Waals surface area contributed by atoms with Gasteiger partial charge in [-0.05, 0) is 48.4 Å². The smallest absolute Gasteiger partial charge is 0.277 e. The quantitative estimate of drug-likeness (QED) is 0.414. The Bertz CT molecular complexity index is 1400. The van der Waals surface area contributed by atoms with E-state index in [2.05, 4.69) is 27.3 Å². The highest BCUT2D eigenvalue weighted by molar-refractivity contribution is 5.78. The molecule has 0 spiro atoms. The van der Waals surface area contributed by atoms with Crippen LogP contribution in [0.4, 0.5) is 0 Å². The Hall–Kier alpha value is -3.97. The maximum absolute atomic E-state index is 13.4. The van der Waals surface area contributed by atoms with Gasteiger partial charge in [-0.1, -0.05) is 42.5 Å². The molecule has 1 amide bonds. The van der Waals surface area contributed by atoms with Gasteiger partial charge in [0, 0.05) is 44.2 Å². The van der Waals surface area contributed by atoms with Crippen molar-refractivity contribution in [3.05, 3.63) is 100 Å². The van der Waals surface area contributed by atoms with Gasteiger partial charge in [-0.2, -0.15) is 0 Å². The van der Waals surface area contributed by atoms with Crippen LogP contribution in [0.2, 0.25) is 0 Å². The van der Waals surface area contributed by atoms with Crippen LogP contribution in [-0.2, 0) is 17.8 Å². The minimum absolute atomic E-state index is 0.0492. The number of para-hydroxylation sites is 2. The summed E-state index contributed by atoms with van der Waals surface area (Å²) in [6.07, 6.45) is 1.43. The average molecular weight is 483 g/mol. The molecule has 1 N–H and O–H groups in total. The van der Waals surface area contributed by atoms with Crippen LogP contribution in [0.3, 0.4) is 0 Å². The molecular formula is C29H30N4O3. The first kappa shape index (κ1) is 23.8. The van der Waals surface area contributed by atoms with Crippen LogP contribution >= 0.6 is 0 Å². The first-order valence-electron chi connectivity index (χ1n) is 12.3. The summed E-state index contributed by atoms with van der Waals surface area (Å²) in [5, 5.41) is 3.15. The third kappa shape index (κ3) is 5.31. The first-order chi connectivity index (χ1) is 17.6. The highest BCUT2D eigenvalue weighted by Gasteiger charge is 2.24. The molecule has 1 atom stereocenters. The van der Waals surface area contributed by atoms with E-state index in [-0.39, 0.29) is 30.3 Å². The van der Waals surface area contributed by atoms with Crippen molar-refractivity contribution in [2.24, 2.45) is 0 Å². The second-order valence-corrected chi connectivity index (χ2v) is 9.16. The number of hydrogen-bond donors (Lipinski definition) is 1. The van der Waals surface area contributed by atoms with Crippen molar-refractivity contribution in [1.82, 2.24) is 19.8 Å². The average Bonchev–Trinajstić information content (AvgIpc) is 3.34. The number of aromatic nitrogens is 2. The van der Waals surface area contributed by atoms with Crippen LogP contribution < -0.4 is 15.6 Å². The molecule has 0 saturated carbocycles. The van der Waals surface area contributed by atoms with E-state index in [9.17, 15) is 9.59 Å². The fraction of sp³-hybridized carbons (Fsp3) is 0.276. The number of fused-ring (bicyclic) bond motifs is 1. The molecule has 36 heavy (non-hydrogen) atoms. The Kier molecular flexibility index (Phi) is 7.09. The minimum atomic E-state index is -0.207. The molecule has 0 bridgehead atoms. The van der Waals surface area contributed by atoms with Gasteiger partial charge < -0.3 is 10.1 Å². The van der Waals surface area contributed by atoms with Gasteiger partial charge in [0.15, 0.2) is 0 Å². The Morgan fingerprint density at radius 3 is 2.56 bits per heavy atom. The second-order valence-electron chi connectivity index (χ2n) is 9.16. The molecule has 0 unspecified atom stereocenters. The van der Waals surface area contributed by atoms with Gasteiger partial charge in [-0.15, -0.1) is 0 Å². The van der Waals surface area contributed by atoms with Crippen LogP contribution in [0.25, 0.3) is 16.7 Å². The molecule has 0 radical (unpaired) electrons. The van der Waals surface area contributed by atoms with E-state index in [1.54, 1.807) is 11.7 Å². The Morgan fingerprint density at radius 1 is 1.03 bits per heavy atom. The van der Waals surface area contributed by atoms with Crippen molar-refractivity contribution >= 4 is 16.9 Å². The van der Waals surface area contributed by atoms with Crippen molar-refractivity contribution in [3.63, 3.8) is 0 Å². The molecule has 1 saturated heterocycles. The SMILES string of the molecule is COc1ccc(-n2c(=O)c(CCC(=O)N[C@H]3CCN(Cc4ccccc4)C3)nc3ccccc32)cc1. The summed E-state index contributed by atoms with van der Waals surface area (Å²) in [6, 6.07) is 25.4. The van der Waals surface area contributed by atoms with Crippen molar-refractivity contribution in [1.29, 1.82) is 0 Å². The summed E-state index contributed by atoms with van der Waals surface area (Å²) >= 11 is 0. The van der Waals surface area contributed by atoms with Crippen molar-refractivity contribution in [2.45, 2.75) is 31.8 Å². The van der Waals surface area contributed by atoms with E-state index in [1.165, 1.54) is 5.56 Å². The van der Waals surface area contributed by atoms with Gasteiger partial charge in [0.05, 0.1) is 18.1 Å². The molecular weight excluding hydrogens is 452 g/mol. The predicted molar refractivity (Wildman–Crippen MR) is 140 cm³/mol. The molecule has 3 aromatic carbocycles. The van der Waals surface area contributed by atoms with E-state index in [0.29, 0.717) is 5.69 Å². The number of aryl methyl sites for hydroxylation is 1. The number of likely N-dealkylation sites (tertiary alicyclic amines) is 1. The lowest BCUT2D eigenvalue weighted by Gasteiger charge is -2.17. The summed E-state index contributed by atoms with van der Waals surface area (Å²) in [7, 11) is 1.61. The largest absolute Gasteiger partial charge is 0.497 e. The van der Waals surface area contributed by atoms with E-state index in [1.807, 2.05) is 66.7 Å². The van der Waals surface area contributed by atoms with Gasteiger partial charge in [0.1, 0.15) is 11.4 Å². The molecule has 184 valence electrons. The van der Waals surface area contributed by atoms with E-state index in [4.69, 9.17) is 4.74 Å². The lowest BCUT2D eigenvalue weighted by molar-refractivity contribution is -0.121. The lowest BCUT2D eigenvalue weighted by Crippen LogP contribution is -2.37. The standard InChI is InChI=1S/C29H30N4O3/c1-36-24-13-11-23(12-14-24)33-27-10-6-5-9-25(27)31-26(29(33)35)15-16-28(34)30-22-17-18-32(20-22)19-21-7-3-2-4-8-21/h2-14,22H,15-20H2,1H3,(H,30,34)/t22-/m0/s1. The fourth-order valence-corrected chi connectivity index (χ4v) is 4.80. The summed E-state index contributed by atoms with van der Waals surface area (Å²) in [4.78, 5) is 33.2. The molecule has 1 aliphatic rings. The zero-order chi connectivity index (χ0) is 24.9. The predicted octanol–water partition coefficient (Wildman–Crippen LogP) is 3.72. The van der Waals surface area contributed by atoms with E-state index < -0.39 is 0 Å². The third-order valence-corrected chi connectivity index (χ3v) is 6.63. The van der Waals surface area contributed by atoms with Gasteiger partial charge in [0.25, 0.3) is 5.56 Å². The van der Waals surface area contributed by atoms with Crippen molar-refractivity contribution in [3.8, 4) is 11.4 Å². The van der Waals surface area contributed by atoms with Crippen LogP contribution in [0.5, 0.6) is 5.75 Å². The van der Waals surface area contributed by atoms with Crippen LogP contribution in [0.1, 0.15) is 24.1 Å². The van der Waals surface area contributed by atoms with Crippen LogP contribution in [-0.4, -0.2) is 46.6 Å². The Labute approximate surface area is 210 Å². The van der Waals surface area contributed by atoms with Crippen LogP contribution in [0.15, 0.2) is 83.7 Å². The maximum atomic E-state index is 13.4. The summed E-state index contributed by atoms with van der Waals surface area (Å²) in [5.41, 5.74) is 3.63. The number of carbonyl (C=O) groups is 1.